The zero-order chi connectivity index (χ0) is 19.3. The van der Waals surface area contributed by atoms with Crippen LogP contribution in [0.2, 0.25) is 0 Å². The van der Waals surface area contributed by atoms with Gasteiger partial charge in [0.25, 0.3) is 0 Å². The summed E-state index contributed by atoms with van der Waals surface area (Å²) in [7, 11) is -3.31. The van der Waals surface area contributed by atoms with Crippen LogP contribution in [0.25, 0.3) is 0 Å². The van der Waals surface area contributed by atoms with Crippen molar-refractivity contribution in [2.45, 2.75) is 38.0 Å². The average Bonchev–Trinajstić information content (AvgIpc) is 2.59. The largest absolute Gasteiger partial charge is 0.376 e. The molecule has 0 saturated heterocycles. The van der Waals surface area contributed by atoms with Crippen molar-refractivity contribution in [1.29, 1.82) is 0 Å². The van der Waals surface area contributed by atoms with Crippen molar-refractivity contribution in [2.24, 2.45) is 0 Å². The van der Waals surface area contributed by atoms with Gasteiger partial charge in [0, 0.05) is 17.6 Å². The highest BCUT2D eigenvalue weighted by atomic mass is 32.2. The van der Waals surface area contributed by atoms with Crippen molar-refractivity contribution in [1.82, 2.24) is 0 Å². The number of carbonyl (C=O) groups is 1. The van der Waals surface area contributed by atoms with Crippen LogP contribution in [-0.2, 0) is 21.1 Å². The Morgan fingerprint density at radius 3 is 2.27 bits per heavy atom. The summed E-state index contributed by atoms with van der Waals surface area (Å²) in [6.45, 7) is 6.19. The van der Waals surface area contributed by atoms with Gasteiger partial charge in [-0.3, -0.25) is 4.79 Å². The Morgan fingerprint density at radius 2 is 1.73 bits per heavy atom. The van der Waals surface area contributed by atoms with Crippen molar-refractivity contribution >= 4 is 27.1 Å². The topological polar surface area (TPSA) is 75.3 Å². The number of sulfone groups is 1. The maximum atomic E-state index is 12.2. The molecule has 26 heavy (non-hydrogen) atoms. The molecule has 0 saturated carbocycles. The highest BCUT2D eigenvalue weighted by Gasteiger charge is 2.15. The van der Waals surface area contributed by atoms with Gasteiger partial charge in [-0.05, 0) is 47.7 Å². The molecule has 0 atom stereocenters. The Hall–Kier alpha value is -2.34. The van der Waals surface area contributed by atoms with Crippen LogP contribution in [-0.4, -0.2) is 27.1 Å². The molecular formula is C20H26N2O3S. The summed E-state index contributed by atoms with van der Waals surface area (Å²) >= 11 is 0. The van der Waals surface area contributed by atoms with Gasteiger partial charge in [-0.1, -0.05) is 39.0 Å². The fourth-order valence-corrected chi connectivity index (χ4v) is 3.80. The summed E-state index contributed by atoms with van der Waals surface area (Å²) in [5, 5.41) is 5.89. The van der Waals surface area contributed by atoms with Gasteiger partial charge in [0.15, 0.2) is 9.84 Å². The predicted molar refractivity (Wildman–Crippen MR) is 107 cm³/mol. The standard InChI is InChI=1S/C20H26N2O3S/c1-5-17-18(7-6-8-19(17)26(4,24)25)21-13-20(23)22-16-11-9-15(10-12-16)14(2)3/h6-12,14,21H,5,13H2,1-4H3,(H,22,23). The van der Waals surface area contributed by atoms with Crippen molar-refractivity contribution in [3.05, 3.63) is 53.6 Å². The third-order valence-corrected chi connectivity index (χ3v) is 5.37. The molecule has 0 aromatic heterocycles. The van der Waals surface area contributed by atoms with Crippen molar-refractivity contribution < 1.29 is 13.2 Å². The first-order chi connectivity index (χ1) is 12.2. The van der Waals surface area contributed by atoms with E-state index in [0.717, 1.165) is 5.69 Å². The average molecular weight is 375 g/mol. The van der Waals surface area contributed by atoms with E-state index in [1.54, 1.807) is 18.2 Å². The molecule has 2 rings (SSSR count). The Labute approximate surface area is 155 Å². The van der Waals surface area contributed by atoms with E-state index in [4.69, 9.17) is 0 Å². The van der Waals surface area contributed by atoms with Crippen LogP contribution in [0.4, 0.5) is 11.4 Å². The summed E-state index contributed by atoms with van der Waals surface area (Å²) < 4.78 is 23.8. The van der Waals surface area contributed by atoms with E-state index in [-0.39, 0.29) is 12.5 Å². The van der Waals surface area contributed by atoms with Gasteiger partial charge in [0.05, 0.1) is 11.4 Å². The predicted octanol–water partition coefficient (Wildman–Crippen LogP) is 3.83. The van der Waals surface area contributed by atoms with E-state index >= 15 is 0 Å². The molecule has 0 aliphatic rings. The van der Waals surface area contributed by atoms with E-state index in [0.29, 0.717) is 28.5 Å². The molecule has 0 bridgehead atoms. The summed E-state index contributed by atoms with van der Waals surface area (Å²) in [5.74, 6) is 0.255. The van der Waals surface area contributed by atoms with Crippen LogP contribution in [0.3, 0.4) is 0 Å². The smallest absolute Gasteiger partial charge is 0.243 e. The minimum atomic E-state index is -3.31. The van der Waals surface area contributed by atoms with Crippen LogP contribution in [0, 0.1) is 0 Å². The lowest BCUT2D eigenvalue weighted by molar-refractivity contribution is -0.114. The number of hydrogen-bond donors (Lipinski definition) is 2. The van der Waals surface area contributed by atoms with E-state index in [1.165, 1.54) is 11.8 Å². The van der Waals surface area contributed by atoms with Gasteiger partial charge in [-0.2, -0.15) is 0 Å². The van der Waals surface area contributed by atoms with Gasteiger partial charge in [0.2, 0.25) is 5.91 Å². The highest BCUT2D eigenvalue weighted by Crippen LogP contribution is 2.24. The monoisotopic (exact) mass is 374 g/mol. The normalized spacial score (nSPS) is 11.4. The maximum absolute atomic E-state index is 12.2. The van der Waals surface area contributed by atoms with Gasteiger partial charge < -0.3 is 10.6 Å². The van der Waals surface area contributed by atoms with Crippen LogP contribution >= 0.6 is 0 Å². The van der Waals surface area contributed by atoms with Crippen LogP contribution in [0.15, 0.2) is 47.4 Å². The first-order valence-electron chi connectivity index (χ1n) is 8.68. The Balaban J connectivity index is 2.05. The Kier molecular flexibility index (Phi) is 6.42. The summed E-state index contributed by atoms with van der Waals surface area (Å²) in [4.78, 5) is 12.5. The van der Waals surface area contributed by atoms with Gasteiger partial charge in [0.1, 0.15) is 0 Å². The molecule has 2 aromatic rings. The number of rotatable bonds is 7. The summed E-state index contributed by atoms with van der Waals surface area (Å²) in [6.07, 6.45) is 1.75. The van der Waals surface area contributed by atoms with E-state index in [1.807, 2.05) is 31.2 Å². The lowest BCUT2D eigenvalue weighted by atomic mass is 10.0. The first-order valence-corrected chi connectivity index (χ1v) is 10.6. The fourth-order valence-electron chi connectivity index (χ4n) is 2.78. The molecule has 0 unspecified atom stereocenters. The second-order valence-corrected chi connectivity index (χ2v) is 8.57. The second-order valence-electron chi connectivity index (χ2n) is 6.59. The van der Waals surface area contributed by atoms with Gasteiger partial charge in [-0.15, -0.1) is 0 Å². The lowest BCUT2D eigenvalue weighted by Crippen LogP contribution is -2.22. The lowest BCUT2D eigenvalue weighted by Gasteiger charge is -2.14. The number of hydrogen-bond acceptors (Lipinski definition) is 4. The molecule has 0 aliphatic carbocycles. The number of benzene rings is 2. The van der Waals surface area contributed by atoms with Gasteiger partial charge in [-0.25, -0.2) is 8.42 Å². The molecule has 0 spiro atoms. The zero-order valence-corrected chi connectivity index (χ0v) is 16.5. The molecule has 0 radical (unpaired) electrons. The Bertz CT molecular complexity index is 872. The van der Waals surface area contributed by atoms with E-state index in [9.17, 15) is 13.2 Å². The third-order valence-electron chi connectivity index (χ3n) is 4.19. The molecule has 2 N–H and O–H groups in total. The fraction of sp³-hybridized carbons (Fsp3) is 0.350. The molecule has 1 amide bonds. The molecule has 140 valence electrons. The minimum Gasteiger partial charge on any atom is -0.376 e. The van der Waals surface area contributed by atoms with E-state index in [2.05, 4.69) is 24.5 Å². The third kappa shape index (κ3) is 5.08. The number of anilines is 2. The summed E-state index contributed by atoms with van der Waals surface area (Å²) in [6, 6.07) is 12.8. The quantitative estimate of drug-likeness (QED) is 0.772. The molecule has 5 nitrogen and oxygen atoms in total. The van der Waals surface area contributed by atoms with E-state index < -0.39 is 9.84 Å². The molecule has 0 fully saturated rings. The molecule has 6 heteroatoms. The van der Waals surface area contributed by atoms with Crippen LogP contribution < -0.4 is 10.6 Å². The maximum Gasteiger partial charge on any atom is 0.243 e. The molecule has 0 aliphatic heterocycles. The molecular weight excluding hydrogens is 348 g/mol. The Morgan fingerprint density at radius 1 is 1.08 bits per heavy atom. The van der Waals surface area contributed by atoms with Crippen LogP contribution in [0.5, 0.6) is 0 Å². The number of nitrogens with one attached hydrogen (secondary N) is 2. The van der Waals surface area contributed by atoms with Crippen molar-refractivity contribution in [3.63, 3.8) is 0 Å². The SMILES string of the molecule is CCc1c(NCC(=O)Nc2ccc(C(C)C)cc2)cccc1S(C)(=O)=O. The van der Waals surface area contributed by atoms with Crippen LogP contribution in [0.1, 0.15) is 37.8 Å². The minimum absolute atomic E-state index is 0.0617. The van der Waals surface area contributed by atoms with Gasteiger partial charge >= 0.3 is 0 Å². The number of carbonyl (C=O) groups excluding carboxylic acids is 1. The molecule has 2 aromatic carbocycles. The molecule has 0 heterocycles. The number of amides is 1. The first kappa shape index (κ1) is 20.0. The zero-order valence-electron chi connectivity index (χ0n) is 15.7. The van der Waals surface area contributed by atoms with Crippen molar-refractivity contribution in [2.75, 3.05) is 23.4 Å². The highest BCUT2D eigenvalue weighted by molar-refractivity contribution is 7.90. The second kappa shape index (κ2) is 8.36. The summed E-state index contributed by atoms with van der Waals surface area (Å²) in [5.41, 5.74) is 3.32. The van der Waals surface area contributed by atoms with Crippen molar-refractivity contribution in [3.8, 4) is 0 Å².